The van der Waals surface area contributed by atoms with Crippen molar-refractivity contribution in [3.63, 3.8) is 0 Å². The molecule has 0 saturated carbocycles. The fraction of sp³-hybridized carbons (Fsp3) is 0.130. The third-order valence-electron chi connectivity index (χ3n) is 4.61. The first-order valence-corrected chi connectivity index (χ1v) is 9.57. The molecular weight excluding hydrogens is 428 g/mol. The van der Waals surface area contributed by atoms with Crippen molar-refractivity contribution >= 4 is 16.9 Å². The van der Waals surface area contributed by atoms with Crippen molar-refractivity contribution in [1.29, 1.82) is 0 Å². The molecule has 4 aromatic rings. The lowest BCUT2D eigenvalue weighted by molar-refractivity contribution is -0.137. The lowest BCUT2D eigenvalue weighted by Crippen LogP contribution is -2.07. The van der Waals surface area contributed by atoms with Gasteiger partial charge in [-0.25, -0.2) is 13.9 Å². The fourth-order valence-electron chi connectivity index (χ4n) is 3.14. The number of ether oxygens (including phenoxy) is 2. The average molecular weight is 444 g/mol. The maximum Gasteiger partial charge on any atom is 0.416 e. The average Bonchev–Trinajstić information content (AvgIpc) is 3.13. The van der Waals surface area contributed by atoms with E-state index in [1.807, 2.05) is 0 Å². The normalized spacial score (nSPS) is 11.5. The van der Waals surface area contributed by atoms with Crippen LogP contribution in [0.2, 0.25) is 0 Å². The van der Waals surface area contributed by atoms with Gasteiger partial charge in [-0.3, -0.25) is 0 Å². The Labute approximate surface area is 179 Å². The number of aromatic nitrogens is 2. The predicted octanol–water partition coefficient (Wildman–Crippen LogP) is 6.15. The van der Waals surface area contributed by atoms with Gasteiger partial charge < -0.3 is 9.47 Å². The zero-order valence-electron chi connectivity index (χ0n) is 16.7. The summed E-state index contributed by atoms with van der Waals surface area (Å²) in [5.41, 5.74) is 0.300. The molecule has 0 N–H and O–H groups in total. The third-order valence-corrected chi connectivity index (χ3v) is 4.61. The molecule has 9 heteroatoms. The molecule has 0 radical (unpaired) electrons. The summed E-state index contributed by atoms with van der Waals surface area (Å²) < 4.78 is 63.9. The van der Waals surface area contributed by atoms with Gasteiger partial charge in [-0.05, 0) is 73.7 Å². The summed E-state index contributed by atoms with van der Waals surface area (Å²) in [6.07, 6.45) is -4.42. The van der Waals surface area contributed by atoms with Crippen LogP contribution < -0.4 is 4.74 Å². The number of carbonyl (C=O) groups is 1. The van der Waals surface area contributed by atoms with E-state index in [0.717, 1.165) is 12.1 Å². The highest BCUT2D eigenvalue weighted by Gasteiger charge is 2.30. The number of fused-ring (bicyclic) bond motifs is 1. The molecule has 1 heterocycles. The Morgan fingerprint density at radius 3 is 2.19 bits per heavy atom. The van der Waals surface area contributed by atoms with Crippen LogP contribution in [0.4, 0.5) is 17.6 Å². The van der Waals surface area contributed by atoms with Crippen LogP contribution in [-0.4, -0.2) is 22.4 Å². The van der Waals surface area contributed by atoms with Gasteiger partial charge in [0.2, 0.25) is 0 Å². The molecule has 3 aromatic carbocycles. The maximum absolute atomic E-state index is 13.8. The van der Waals surface area contributed by atoms with Gasteiger partial charge in [0.25, 0.3) is 0 Å². The molecule has 0 saturated heterocycles. The van der Waals surface area contributed by atoms with Gasteiger partial charge in [0.15, 0.2) is 5.69 Å². The Morgan fingerprint density at radius 1 is 0.969 bits per heavy atom. The SMILES string of the molecule is CCOC(=O)c1nn(-c2ccc(Oc3ccc(C(F)(F)F)cc3)cc2)c2ccc(F)cc12. The standard InChI is InChI=1S/C23H16F4N2O3/c1-2-31-22(30)21-19-13-15(24)5-12-20(19)29(28-21)16-6-10-18(11-7-16)32-17-8-3-14(4-9-17)23(25,26)27/h3-13H,2H2,1H3. The van der Waals surface area contributed by atoms with Crippen LogP contribution in [0.15, 0.2) is 66.7 Å². The number of esters is 1. The van der Waals surface area contributed by atoms with E-state index in [1.165, 1.54) is 35.0 Å². The first-order chi connectivity index (χ1) is 15.3. The summed E-state index contributed by atoms with van der Waals surface area (Å²) in [5, 5.41) is 4.61. The van der Waals surface area contributed by atoms with Crippen molar-refractivity contribution in [2.75, 3.05) is 6.61 Å². The summed E-state index contributed by atoms with van der Waals surface area (Å²) >= 11 is 0. The maximum atomic E-state index is 13.8. The number of carbonyl (C=O) groups excluding carboxylic acids is 1. The molecule has 4 rings (SSSR count). The molecule has 0 atom stereocenters. The number of alkyl halides is 3. The lowest BCUT2D eigenvalue weighted by atomic mass is 10.2. The summed E-state index contributed by atoms with van der Waals surface area (Å²) in [6.45, 7) is 1.81. The number of hydrogen-bond acceptors (Lipinski definition) is 4. The molecule has 5 nitrogen and oxygen atoms in total. The van der Waals surface area contributed by atoms with Gasteiger partial charge in [-0.1, -0.05) is 0 Å². The van der Waals surface area contributed by atoms with Crippen molar-refractivity contribution in [3.8, 4) is 17.2 Å². The molecule has 0 spiro atoms. The van der Waals surface area contributed by atoms with Crippen molar-refractivity contribution in [2.24, 2.45) is 0 Å². The van der Waals surface area contributed by atoms with E-state index >= 15 is 0 Å². The van der Waals surface area contributed by atoms with Gasteiger partial charge in [-0.15, -0.1) is 0 Å². The summed E-state index contributed by atoms with van der Waals surface area (Å²) in [6, 6.07) is 14.9. The Bertz CT molecular complexity index is 1260. The molecule has 0 aliphatic carbocycles. The second-order valence-corrected chi connectivity index (χ2v) is 6.76. The minimum atomic E-state index is -4.42. The topological polar surface area (TPSA) is 53.3 Å². The Balaban J connectivity index is 1.62. The number of nitrogens with zero attached hydrogens (tertiary/aromatic N) is 2. The van der Waals surface area contributed by atoms with E-state index in [9.17, 15) is 22.4 Å². The van der Waals surface area contributed by atoms with E-state index < -0.39 is 23.5 Å². The lowest BCUT2D eigenvalue weighted by Gasteiger charge is -2.10. The Morgan fingerprint density at radius 2 is 1.59 bits per heavy atom. The van der Waals surface area contributed by atoms with Crippen LogP contribution in [-0.2, 0) is 10.9 Å². The molecule has 32 heavy (non-hydrogen) atoms. The molecule has 0 aliphatic rings. The number of benzene rings is 3. The zero-order chi connectivity index (χ0) is 22.9. The fourth-order valence-corrected chi connectivity index (χ4v) is 3.14. The largest absolute Gasteiger partial charge is 0.461 e. The first kappa shape index (κ1) is 21.4. The Kier molecular flexibility index (Phi) is 5.56. The molecule has 164 valence electrons. The molecule has 0 bridgehead atoms. The van der Waals surface area contributed by atoms with Crippen molar-refractivity contribution < 1.29 is 31.8 Å². The Hall–Kier alpha value is -3.88. The third kappa shape index (κ3) is 4.27. The van der Waals surface area contributed by atoms with Crippen molar-refractivity contribution in [3.05, 3.63) is 83.8 Å². The van der Waals surface area contributed by atoms with Gasteiger partial charge in [0.05, 0.1) is 23.4 Å². The van der Waals surface area contributed by atoms with Crippen LogP contribution in [0.5, 0.6) is 11.5 Å². The minimum absolute atomic E-state index is 0.00793. The highest BCUT2D eigenvalue weighted by molar-refractivity contribution is 6.02. The van der Waals surface area contributed by atoms with E-state index in [1.54, 1.807) is 31.2 Å². The van der Waals surface area contributed by atoms with E-state index in [0.29, 0.717) is 22.3 Å². The molecule has 0 unspecified atom stereocenters. The molecule has 1 aromatic heterocycles. The quantitative estimate of drug-likeness (QED) is 0.274. The van der Waals surface area contributed by atoms with E-state index in [2.05, 4.69) is 5.10 Å². The van der Waals surface area contributed by atoms with Crippen LogP contribution in [0.25, 0.3) is 16.6 Å². The molecule has 0 fully saturated rings. The zero-order valence-corrected chi connectivity index (χ0v) is 16.7. The summed E-state index contributed by atoms with van der Waals surface area (Å²) in [7, 11) is 0. The molecular formula is C23H16F4N2O3. The predicted molar refractivity (Wildman–Crippen MR) is 109 cm³/mol. The van der Waals surface area contributed by atoms with Gasteiger partial charge in [-0.2, -0.15) is 18.3 Å². The van der Waals surface area contributed by atoms with Crippen LogP contribution in [0.1, 0.15) is 23.0 Å². The van der Waals surface area contributed by atoms with Gasteiger partial charge in [0.1, 0.15) is 17.3 Å². The number of rotatable bonds is 5. The second kappa shape index (κ2) is 8.33. The monoisotopic (exact) mass is 444 g/mol. The molecule has 0 amide bonds. The van der Waals surface area contributed by atoms with Crippen molar-refractivity contribution in [2.45, 2.75) is 13.1 Å². The summed E-state index contributed by atoms with van der Waals surface area (Å²) in [4.78, 5) is 12.2. The minimum Gasteiger partial charge on any atom is -0.461 e. The number of halogens is 4. The molecule has 0 aliphatic heterocycles. The summed E-state index contributed by atoms with van der Waals surface area (Å²) in [5.74, 6) is -0.538. The smallest absolute Gasteiger partial charge is 0.416 e. The number of hydrogen-bond donors (Lipinski definition) is 0. The van der Waals surface area contributed by atoms with E-state index in [-0.39, 0.29) is 18.1 Å². The van der Waals surface area contributed by atoms with Crippen LogP contribution in [0.3, 0.4) is 0 Å². The highest BCUT2D eigenvalue weighted by Crippen LogP contribution is 2.32. The van der Waals surface area contributed by atoms with Gasteiger partial charge in [0, 0.05) is 5.39 Å². The van der Waals surface area contributed by atoms with Crippen molar-refractivity contribution in [1.82, 2.24) is 9.78 Å². The van der Waals surface area contributed by atoms with E-state index in [4.69, 9.17) is 9.47 Å². The van der Waals surface area contributed by atoms with Crippen LogP contribution >= 0.6 is 0 Å². The van der Waals surface area contributed by atoms with Crippen LogP contribution in [0, 0.1) is 5.82 Å². The second-order valence-electron chi connectivity index (χ2n) is 6.76. The first-order valence-electron chi connectivity index (χ1n) is 9.57. The van der Waals surface area contributed by atoms with Gasteiger partial charge >= 0.3 is 12.1 Å². The highest BCUT2D eigenvalue weighted by atomic mass is 19.4.